The Hall–Kier alpha value is -0.510. The maximum atomic E-state index is 5.64. The Morgan fingerprint density at radius 3 is 2.40 bits per heavy atom. The zero-order chi connectivity index (χ0) is 14.5. The number of rotatable bonds is 6. The average molecular weight is 293 g/mol. The number of hydrogen-bond donors (Lipinski definition) is 1. The van der Waals surface area contributed by atoms with Crippen molar-refractivity contribution in [2.24, 2.45) is 0 Å². The molecule has 112 valence electrons. The van der Waals surface area contributed by atoms with Crippen LogP contribution in [0.1, 0.15) is 50.3 Å². The van der Waals surface area contributed by atoms with Crippen LogP contribution < -0.4 is 5.32 Å². The van der Waals surface area contributed by atoms with Crippen LogP contribution in [0.25, 0.3) is 0 Å². The van der Waals surface area contributed by atoms with E-state index in [1.54, 1.807) is 0 Å². The van der Waals surface area contributed by atoms with Crippen LogP contribution in [0.15, 0.2) is 24.3 Å². The largest absolute Gasteiger partial charge is 0.377 e. The van der Waals surface area contributed by atoms with E-state index in [2.05, 4.69) is 57.4 Å². The van der Waals surface area contributed by atoms with Crippen LogP contribution in [-0.4, -0.2) is 30.8 Å². The summed E-state index contributed by atoms with van der Waals surface area (Å²) >= 11 is 2.04. The highest BCUT2D eigenvalue weighted by Crippen LogP contribution is 2.30. The average Bonchev–Trinajstić information content (AvgIpc) is 2.85. The standard InChI is InChI=1S/C17H27NOS/c1-12(2)14-5-7-15(8-6-14)16(18-4)11-20-17-9-10-19-13(17)3/h5-8,12-13,16-18H,9-11H2,1-4H3. The molecule has 0 aromatic heterocycles. The van der Waals surface area contributed by atoms with Crippen LogP contribution in [0, 0.1) is 0 Å². The van der Waals surface area contributed by atoms with Gasteiger partial charge in [-0.25, -0.2) is 0 Å². The van der Waals surface area contributed by atoms with Gasteiger partial charge >= 0.3 is 0 Å². The molecule has 3 unspecified atom stereocenters. The minimum absolute atomic E-state index is 0.404. The molecule has 0 amide bonds. The summed E-state index contributed by atoms with van der Waals surface area (Å²) in [5.41, 5.74) is 2.80. The topological polar surface area (TPSA) is 21.3 Å². The molecule has 0 spiro atoms. The molecule has 1 N–H and O–H groups in total. The third-order valence-electron chi connectivity index (χ3n) is 4.14. The third kappa shape index (κ3) is 4.00. The minimum Gasteiger partial charge on any atom is -0.377 e. The second-order valence-corrected chi connectivity index (χ2v) is 7.17. The summed E-state index contributed by atoms with van der Waals surface area (Å²) in [5.74, 6) is 1.71. The van der Waals surface area contributed by atoms with Gasteiger partial charge in [0.15, 0.2) is 0 Å². The van der Waals surface area contributed by atoms with Crippen LogP contribution in [0.3, 0.4) is 0 Å². The molecule has 1 aliphatic rings. The fourth-order valence-electron chi connectivity index (χ4n) is 2.61. The normalized spacial score (nSPS) is 24.2. The second-order valence-electron chi connectivity index (χ2n) is 5.90. The van der Waals surface area contributed by atoms with Gasteiger partial charge in [0.25, 0.3) is 0 Å². The Labute approximate surface area is 127 Å². The lowest BCUT2D eigenvalue weighted by Crippen LogP contribution is -2.22. The van der Waals surface area contributed by atoms with Crippen LogP contribution in [0.5, 0.6) is 0 Å². The Morgan fingerprint density at radius 1 is 1.25 bits per heavy atom. The van der Waals surface area contributed by atoms with Crippen LogP contribution >= 0.6 is 11.8 Å². The Kier molecular flexibility index (Phi) is 5.94. The van der Waals surface area contributed by atoms with Crippen molar-refractivity contribution in [3.8, 4) is 0 Å². The van der Waals surface area contributed by atoms with Crippen molar-refractivity contribution in [1.82, 2.24) is 5.32 Å². The SMILES string of the molecule is CNC(CSC1CCOC1C)c1ccc(C(C)C)cc1. The molecule has 0 saturated carbocycles. The highest BCUT2D eigenvalue weighted by atomic mass is 32.2. The van der Waals surface area contributed by atoms with Crippen molar-refractivity contribution in [2.75, 3.05) is 19.4 Å². The van der Waals surface area contributed by atoms with Crippen molar-refractivity contribution in [1.29, 1.82) is 0 Å². The van der Waals surface area contributed by atoms with Gasteiger partial charge in [-0.3, -0.25) is 0 Å². The lowest BCUT2D eigenvalue weighted by molar-refractivity contribution is 0.127. The monoisotopic (exact) mass is 293 g/mol. The van der Waals surface area contributed by atoms with E-state index in [1.807, 2.05) is 11.8 Å². The van der Waals surface area contributed by atoms with Gasteiger partial charge in [0.05, 0.1) is 6.10 Å². The van der Waals surface area contributed by atoms with E-state index in [9.17, 15) is 0 Å². The summed E-state index contributed by atoms with van der Waals surface area (Å²) in [7, 11) is 2.05. The van der Waals surface area contributed by atoms with E-state index < -0.39 is 0 Å². The van der Waals surface area contributed by atoms with Crippen LogP contribution in [0.4, 0.5) is 0 Å². The Bertz CT molecular complexity index is 404. The summed E-state index contributed by atoms with van der Waals surface area (Å²) in [4.78, 5) is 0. The van der Waals surface area contributed by atoms with Gasteiger partial charge in [-0.2, -0.15) is 11.8 Å². The predicted octanol–water partition coefficient (Wildman–Crippen LogP) is 3.98. The van der Waals surface area contributed by atoms with Crippen molar-refractivity contribution < 1.29 is 4.74 Å². The highest BCUT2D eigenvalue weighted by Gasteiger charge is 2.25. The molecule has 20 heavy (non-hydrogen) atoms. The molecule has 3 heteroatoms. The molecular formula is C17H27NOS. The van der Waals surface area contributed by atoms with Gasteiger partial charge < -0.3 is 10.1 Å². The van der Waals surface area contributed by atoms with Gasteiger partial charge in [0, 0.05) is 23.7 Å². The first-order valence-electron chi connectivity index (χ1n) is 7.62. The predicted molar refractivity (Wildman–Crippen MR) is 88.6 cm³/mol. The third-order valence-corrected chi connectivity index (χ3v) is 5.71. The van der Waals surface area contributed by atoms with E-state index in [4.69, 9.17) is 4.74 Å². The molecule has 1 heterocycles. The first-order valence-corrected chi connectivity index (χ1v) is 8.67. The van der Waals surface area contributed by atoms with Crippen molar-refractivity contribution >= 4 is 11.8 Å². The minimum atomic E-state index is 0.404. The Balaban J connectivity index is 1.93. The molecule has 1 fully saturated rings. The number of nitrogens with one attached hydrogen (secondary N) is 1. The molecular weight excluding hydrogens is 266 g/mol. The fourth-order valence-corrected chi connectivity index (χ4v) is 4.02. The number of hydrogen-bond acceptors (Lipinski definition) is 3. The lowest BCUT2D eigenvalue weighted by Gasteiger charge is -2.20. The Morgan fingerprint density at radius 2 is 1.90 bits per heavy atom. The summed E-state index contributed by atoms with van der Waals surface area (Å²) in [6.07, 6.45) is 1.59. The molecule has 0 bridgehead atoms. The molecule has 2 nitrogen and oxygen atoms in total. The van der Waals surface area contributed by atoms with E-state index >= 15 is 0 Å². The summed E-state index contributed by atoms with van der Waals surface area (Å²) in [6.45, 7) is 7.59. The zero-order valence-electron chi connectivity index (χ0n) is 13.1. The van der Waals surface area contributed by atoms with E-state index in [0.717, 1.165) is 12.4 Å². The molecule has 0 aliphatic carbocycles. The smallest absolute Gasteiger partial charge is 0.0666 e. The first-order chi connectivity index (χ1) is 9.61. The molecule has 1 aliphatic heterocycles. The number of benzene rings is 1. The van der Waals surface area contributed by atoms with E-state index in [-0.39, 0.29) is 0 Å². The summed E-state index contributed by atoms with van der Waals surface area (Å²) in [6, 6.07) is 9.48. The van der Waals surface area contributed by atoms with Gasteiger partial charge in [0.2, 0.25) is 0 Å². The fraction of sp³-hybridized carbons (Fsp3) is 0.647. The molecule has 1 aromatic carbocycles. The number of ether oxygens (including phenoxy) is 1. The van der Waals surface area contributed by atoms with Crippen molar-refractivity contribution in [3.05, 3.63) is 35.4 Å². The van der Waals surface area contributed by atoms with E-state index in [1.165, 1.54) is 17.5 Å². The zero-order valence-corrected chi connectivity index (χ0v) is 13.9. The summed E-state index contributed by atoms with van der Waals surface area (Å²) in [5, 5.41) is 4.10. The van der Waals surface area contributed by atoms with Gasteiger partial charge in [-0.1, -0.05) is 38.1 Å². The van der Waals surface area contributed by atoms with Gasteiger partial charge in [-0.15, -0.1) is 0 Å². The first kappa shape index (κ1) is 15.9. The summed E-state index contributed by atoms with van der Waals surface area (Å²) < 4.78 is 5.64. The van der Waals surface area contributed by atoms with Gasteiger partial charge in [0.1, 0.15) is 0 Å². The van der Waals surface area contributed by atoms with Crippen molar-refractivity contribution in [2.45, 2.75) is 50.5 Å². The van der Waals surface area contributed by atoms with Crippen LogP contribution in [-0.2, 0) is 4.74 Å². The molecule has 1 aromatic rings. The number of thioether (sulfide) groups is 1. The maximum Gasteiger partial charge on any atom is 0.0666 e. The van der Waals surface area contributed by atoms with Crippen molar-refractivity contribution in [3.63, 3.8) is 0 Å². The molecule has 1 saturated heterocycles. The van der Waals surface area contributed by atoms with E-state index in [0.29, 0.717) is 23.3 Å². The quantitative estimate of drug-likeness (QED) is 0.857. The molecule has 2 rings (SSSR count). The maximum absolute atomic E-state index is 5.64. The van der Waals surface area contributed by atoms with Gasteiger partial charge in [-0.05, 0) is 37.4 Å². The molecule has 3 atom stereocenters. The van der Waals surface area contributed by atoms with Crippen LogP contribution in [0.2, 0.25) is 0 Å². The molecule has 0 radical (unpaired) electrons. The lowest BCUT2D eigenvalue weighted by atomic mass is 10.00. The highest BCUT2D eigenvalue weighted by molar-refractivity contribution is 8.00. The second kappa shape index (κ2) is 7.48.